The molecule has 0 saturated heterocycles. The molecule has 0 atom stereocenters. The Morgan fingerprint density at radius 3 is 2.35 bits per heavy atom. The number of aromatic nitrogens is 1. The number of rotatable bonds is 3. The standard InChI is InChI=1S/C9H7F5N2O/c10-8(11)5-1-4(2-15)7(9(12,13)14)6(3-17)16-5/h1,3,8H,2,15H2. The smallest absolute Gasteiger partial charge is 0.326 e. The minimum absolute atomic E-state index is 0.214. The van der Waals surface area contributed by atoms with Crippen molar-refractivity contribution in [3.8, 4) is 0 Å². The Morgan fingerprint density at radius 2 is 2.00 bits per heavy atom. The number of carbonyl (C=O) groups is 1. The molecule has 1 rings (SSSR count). The number of nitrogens with two attached hydrogens (primary N) is 1. The molecule has 0 aliphatic carbocycles. The summed E-state index contributed by atoms with van der Waals surface area (Å²) >= 11 is 0. The van der Waals surface area contributed by atoms with E-state index in [1.807, 2.05) is 0 Å². The van der Waals surface area contributed by atoms with Gasteiger partial charge in [0.05, 0.1) is 5.56 Å². The van der Waals surface area contributed by atoms with Crippen LogP contribution in [0.2, 0.25) is 0 Å². The quantitative estimate of drug-likeness (QED) is 0.665. The Morgan fingerprint density at radius 1 is 1.41 bits per heavy atom. The molecule has 0 fully saturated rings. The summed E-state index contributed by atoms with van der Waals surface area (Å²) in [5.41, 5.74) is 1.14. The maximum atomic E-state index is 12.6. The van der Waals surface area contributed by atoms with Crippen molar-refractivity contribution in [2.75, 3.05) is 0 Å². The van der Waals surface area contributed by atoms with E-state index in [-0.39, 0.29) is 6.29 Å². The Labute approximate surface area is 92.4 Å². The predicted molar refractivity (Wildman–Crippen MR) is 47.5 cm³/mol. The molecule has 17 heavy (non-hydrogen) atoms. The lowest BCUT2D eigenvalue weighted by Crippen LogP contribution is -2.17. The lowest BCUT2D eigenvalue weighted by atomic mass is 10.0. The van der Waals surface area contributed by atoms with E-state index in [1.165, 1.54) is 0 Å². The fourth-order valence-electron chi connectivity index (χ4n) is 1.33. The van der Waals surface area contributed by atoms with Crippen LogP contribution in [0.5, 0.6) is 0 Å². The number of halogens is 5. The number of hydrogen-bond donors (Lipinski definition) is 1. The highest BCUT2D eigenvalue weighted by Gasteiger charge is 2.37. The summed E-state index contributed by atoms with van der Waals surface area (Å²) < 4.78 is 62.4. The van der Waals surface area contributed by atoms with Crippen LogP contribution < -0.4 is 5.73 Å². The van der Waals surface area contributed by atoms with Crippen LogP contribution in [-0.4, -0.2) is 11.3 Å². The van der Waals surface area contributed by atoms with E-state index in [0.29, 0.717) is 6.07 Å². The van der Waals surface area contributed by atoms with Gasteiger partial charge in [-0.25, -0.2) is 13.8 Å². The Kier molecular flexibility index (Phi) is 3.76. The van der Waals surface area contributed by atoms with Gasteiger partial charge in [0.2, 0.25) is 0 Å². The lowest BCUT2D eigenvalue weighted by Gasteiger charge is -2.14. The van der Waals surface area contributed by atoms with Crippen LogP contribution in [0.15, 0.2) is 6.07 Å². The molecule has 0 aliphatic heterocycles. The third kappa shape index (κ3) is 2.76. The molecule has 94 valence electrons. The highest BCUT2D eigenvalue weighted by Crippen LogP contribution is 2.35. The summed E-state index contributed by atoms with van der Waals surface area (Å²) in [6.07, 6.45) is -8.15. The van der Waals surface area contributed by atoms with Gasteiger partial charge in [0, 0.05) is 6.54 Å². The average Bonchev–Trinajstić information content (AvgIpc) is 2.25. The molecule has 0 spiro atoms. The van der Waals surface area contributed by atoms with Crippen molar-refractivity contribution in [3.63, 3.8) is 0 Å². The summed E-state index contributed by atoms with van der Waals surface area (Å²) in [5.74, 6) is 0. The number of aldehydes is 1. The van der Waals surface area contributed by atoms with Crippen molar-refractivity contribution in [2.24, 2.45) is 5.73 Å². The number of alkyl halides is 5. The second-order valence-corrected chi connectivity index (χ2v) is 3.09. The largest absolute Gasteiger partial charge is 0.418 e. The maximum absolute atomic E-state index is 12.6. The van der Waals surface area contributed by atoms with Crippen molar-refractivity contribution < 1.29 is 26.7 Å². The highest BCUT2D eigenvalue weighted by molar-refractivity contribution is 5.75. The van der Waals surface area contributed by atoms with E-state index >= 15 is 0 Å². The van der Waals surface area contributed by atoms with E-state index < -0.39 is 41.7 Å². The maximum Gasteiger partial charge on any atom is 0.418 e. The molecule has 0 saturated carbocycles. The predicted octanol–water partition coefficient (Wildman–Crippen LogP) is 2.31. The molecule has 0 aliphatic rings. The van der Waals surface area contributed by atoms with Crippen LogP contribution >= 0.6 is 0 Å². The number of hydrogen-bond acceptors (Lipinski definition) is 3. The molecule has 0 aromatic carbocycles. The van der Waals surface area contributed by atoms with Gasteiger partial charge in [-0.15, -0.1) is 0 Å². The Hall–Kier alpha value is -1.57. The van der Waals surface area contributed by atoms with Crippen LogP contribution in [-0.2, 0) is 12.7 Å². The Balaban J connectivity index is 3.53. The van der Waals surface area contributed by atoms with Gasteiger partial charge in [0.15, 0.2) is 6.29 Å². The zero-order chi connectivity index (χ0) is 13.2. The molecule has 0 radical (unpaired) electrons. The molecule has 3 nitrogen and oxygen atoms in total. The van der Waals surface area contributed by atoms with Crippen molar-refractivity contribution >= 4 is 6.29 Å². The summed E-state index contributed by atoms with van der Waals surface area (Å²) in [6.45, 7) is -0.613. The van der Waals surface area contributed by atoms with Gasteiger partial charge in [-0.05, 0) is 11.6 Å². The van der Waals surface area contributed by atoms with Gasteiger partial charge < -0.3 is 5.73 Å². The minimum atomic E-state index is -4.86. The topological polar surface area (TPSA) is 56.0 Å². The second-order valence-electron chi connectivity index (χ2n) is 3.09. The van der Waals surface area contributed by atoms with E-state index in [4.69, 9.17) is 5.73 Å². The number of pyridine rings is 1. The molecule has 0 amide bonds. The molecular formula is C9H7F5N2O. The van der Waals surface area contributed by atoms with Gasteiger partial charge in [-0.1, -0.05) is 0 Å². The highest BCUT2D eigenvalue weighted by atomic mass is 19.4. The van der Waals surface area contributed by atoms with E-state index in [1.54, 1.807) is 0 Å². The summed E-state index contributed by atoms with van der Waals surface area (Å²) in [4.78, 5) is 13.4. The van der Waals surface area contributed by atoms with Crippen LogP contribution in [0.3, 0.4) is 0 Å². The van der Waals surface area contributed by atoms with E-state index in [0.717, 1.165) is 0 Å². The van der Waals surface area contributed by atoms with Crippen LogP contribution in [0.1, 0.15) is 33.7 Å². The van der Waals surface area contributed by atoms with Gasteiger partial charge in [-0.2, -0.15) is 13.2 Å². The fourth-order valence-corrected chi connectivity index (χ4v) is 1.33. The average molecular weight is 254 g/mol. The summed E-state index contributed by atoms with van der Waals surface area (Å²) in [6, 6.07) is 0.556. The molecule has 2 N–H and O–H groups in total. The molecule has 0 bridgehead atoms. The number of carbonyl (C=O) groups excluding carboxylic acids is 1. The molecule has 1 heterocycles. The van der Waals surface area contributed by atoms with Crippen LogP contribution in [0.4, 0.5) is 22.0 Å². The molecule has 8 heteroatoms. The molecule has 0 unspecified atom stereocenters. The first-order valence-corrected chi connectivity index (χ1v) is 4.35. The zero-order valence-electron chi connectivity index (χ0n) is 8.26. The van der Waals surface area contributed by atoms with Gasteiger partial charge in [-0.3, -0.25) is 4.79 Å². The van der Waals surface area contributed by atoms with Gasteiger partial charge in [0.25, 0.3) is 6.43 Å². The monoisotopic (exact) mass is 254 g/mol. The van der Waals surface area contributed by atoms with Crippen LogP contribution in [0, 0.1) is 0 Å². The van der Waals surface area contributed by atoms with Crippen molar-refractivity contribution in [3.05, 3.63) is 28.6 Å². The van der Waals surface area contributed by atoms with Crippen LogP contribution in [0.25, 0.3) is 0 Å². The Bertz CT molecular complexity index is 430. The van der Waals surface area contributed by atoms with Crippen molar-refractivity contribution in [2.45, 2.75) is 19.1 Å². The minimum Gasteiger partial charge on any atom is -0.326 e. The molecule has 1 aromatic rings. The van der Waals surface area contributed by atoms with Crippen molar-refractivity contribution in [1.82, 2.24) is 4.98 Å². The lowest BCUT2D eigenvalue weighted by molar-refractivity contribution is -0.138. The zero-order valence-corrected chi connectivity index (χ0v) is 8.26. The number of nitrogens with zero attached hydrogens (tertiary/aromatic N) is 1. The van der Waals surface area contributed by atoms with Gasteiger partial charge in [0.1, 0.15) is 11.4 Å². The van der Waals surface area contributed by atoms with Gasteiger partial charge >= 0.3 is 6.18 Å². The first-order valence-electron chi connectivity index (χ1n) is 4.35. The first kappa shape index (κ1) is 13.5. The normalized spacial score (nSPS) is 11.9. The van der Waals surface area contributed by atoms with E-state index in [9.17, 15) is 26.7 Å². The summed E-state index contributed by atoms with van der Waals surface area (Å²) in [7, 11) is 0. The fraction of sp³-hybridized carbons (Fsp3) is 0.333. The molecule has 1 aromatic heterocycles. The third-order valence-electron chi connectivity index (χ3n) is 1.99. The third-order valence-corrected chi connectivity index (χ3v) is 1.99. The SMILES string of the molecule is NCc1cc(C(F)F)nc(C=O)c1C(F)(F)F. The second kappa shape index (κ2) is 4.74. The van der Waals surface area contributed by atoms with E-state index in [2.05, 4.69) is 4.98 Å². The molecular weight excluding hydrogens is 247 g/mol. The first-order chi connectivity index (χ1) is 7.81. The van der Waals surface area contributed by atoms with Crippen molar-refractivity contribution in [1.29, 1.82) is 0 Å². The summed E-state index contributed by atoms with van der Waals surface area (Å²) in [5, 5.41) is 0.